The molecule has 1 aromatic heterocycles. The number of benzene rings is 1. The highest BCUT2D eigenvalue weighted by molar-refractivity contribution is 7.11. The molecule has 1 atom stereocenters. The topological polar surface area (TPSA) is 84.0 Å². The highest BCUT2D eigenvalue weighted by atomic mass is 32.1. The van der Waals surface area contributed by atoms with Gasteiger partial charge in [-0.2, -0.15) is 0 Å². The third-order valence-corrected chi connectivity index (χ3v) is 4.58. The predicted octanol–water partition coefficient (Wildman–Crippen LogP) is 2.80. The maximum absolute atomic E-state index is 12.4. The monoisotopic (exact) mass is 346 g/mol. The molecular weight excluding hydrogens is 324 g/mol. The van der Waals surface area contributed by atoms with Crippen molar-refractivity contribution < 1.29 is 9.59 Å². The van der Waals surface area contributed by atoms with Gasteiger partial charge in [-0.1, -0.05) is 26.0 Å². The maximum atomic E-state index is 12.4. The standard InChI is InChI=1S/C17H22N4O2S/c1-4-11(2)16(22)19-14-8-6-5-7-13(14)17(23)18-10-9-15-21-20-12(3)24-15/h5-8,11H,4,9-10H2,1-3H3,(H,18,23)(H,19,22). The van der Waals surface area contributed by atoms with E-state index >= 15 is 0 Å². The van der Waals surface area contributed by atoms with Crippen LogP contribution in [-0.4, -0.2) is 28.6 Å². The van der Waals surface area contributed by atoms with Gasteiger partial charge in [0.15, 0.2) is 0 Å². The molecule has 2 aromatic rings. The van der Waals surface area contributed by atoms with Crippen LogP contribution in [0.4, 0.5) is 5.69 Å². The molecule has 1 aromatic carbocycles. The third kappa shape index (κ3) is 4.86. The van der Waals surface area contributed by atoms with Crippen molar-refractivity contribution >= 4 is 28.8 Å². The zero-order chi connectivity index (χ0) is 17.5. The van der Waals surface area contributed by atoms with Gasteiger partial charge in [0, 0.05) is 18.9 Å². The average Bonchev–Trinajstić information content (AvgIpc) is 2.99. The molecule has 0 radical (unpaired) electrons. The summed E-state index contributed by atoms with van der Waals surface area (Å²) in [6, 6.07) is 7.02. The molecule has 1 unspecified atom stereocenters. The van der Waals surface area contributed by atoms with Crippen LogP contribution in [0.1, 0.15) is 40.6 Å². The number of carbonyl (C=O) groups is 2. The number of para-hydroxylation sites is 1. The number of hydrogen-bond acceptors (Lipinski definition) is 5. The van der Waals surface area contributed by atoms with Crippen molar-refractivity contribution in [3.63, 3.8) is 0 Å². The second-order valence-corrected chi connectivity index (χ2v) is 6.83. The van der Waals surface area contributed by atoms with Crippen molar-refractivity contribution in [1.29, 1.82) is 0 Å². The van der Waals surface area contributed by atoms with E-state index in [0.717, 1.165) is 16.4 Å². The first-order valence-corrected chi connectivity index (χ1v) is 8.80. The van der Waals surface area contributed by atoms with Gasteiger partial charge >= 0.3 is 0 Å². The quantitative estimate of drug-likeness (QED) is 0.807. The van der Waals surface area contributed by atoms with Crippen molar-refractivity contribution in [2.24, 2.45) is 5.92 Å². The molecule has 2 amide bonds. The number of aromatic nitrogens is 2. The maximum Gasteiger partial charge on any atom is 0.253 e. The first-order valence-electron chi connectivity index (χ1n) is 7.98. The minimum Gasteiger partial charge on any atom is -0.352 e. The van der Waals surface area contributed by atoms with Crippen LogP contribution in [0.15, 0.2) is 24.3 Å². The highest BCUT2D eigenvalue weighted by Gasteiger charge is 2.15. The van der Waals surface area contributed by atoms with Crippen LogP contribution < -0.4 is 10.6 Å². The lowest BCUT2D eigenvalue weighted by Gasteiger charge is -2.13. The summed E-state index contributed by atoms with van der Waals surface area (Å²) in [6.45, 7) is 6.19. The lowest BCUT2D eigenvalue weighted by Crippen LogP contribution is -2.28. The summed E-state index contributed by atoms with van der Waals surface area (Å²) in [7, 11) is 0. The van der Waals surface area contributed by atoms with Gasteiger partial charge in [-0.25, -0.2) is 0 Å². The average molecular weight is 346 g/mol. The van der Waals surface area contributed by atoms with Crippen LogP contribution in [0.3, 0.4) is 0 Å². The van der Waals surface area contributed by atoms with Gasteiger partial charge in [0.25, 0.3) is 5.91 Å². The number of aryl methyl sites for hydroxylation is 1. The van der Waals surface area contributed by atoms with Crippen molar-refractivity contribution in [1.82, 2.24) is 15.5 Å². The van der Waals surface area contributed by atoms with E-state index in [0.29, 0.717) is 24.2 Å². The molecule has 0 spiro atoms. The molecule has 0 aliphatic heterocycles. The molecule has 0 aliphatic carbocycles. The molecule has 2 rings (SSSR count). The minimum absolute atomic E-state index is 0.0814. The summed E-state index contributed by atoms with van der Waals surface area (Å²) in [5.41, 5.74) is 0.995. The van der Waals surface area contributed by atoms with Crippen LogP contribution in [0.2, 0.25) is 0 Å². The molecule has 1 heterocycles. The Balaban J connectivity index is 1.97. The first-order chi connectivity index (χ1) is 11.5. The summed E-state index contributed by atoms with van der Waals surface area (Å²) < 4.78 is 0. The van der Waals surface area contributed by atoms with E-state index in [4.69, 9.17) is 0 Å². The fraction of sp³-hybridized carbons (Fsp3) is 0.412. The molecule has 0 aliphatic rings. The van der Waals surface area contributed by atoms with Crippen LogP contribution in [-0.2, 0) is 11.2 Å². The van der Waals surface area contributed by atoms with Crippen LogP contribution in [0.25, 0.3) is 0 Å². The Labute approximate surface area is 145 Å². The van der Waals surface area contributed by atoms with Gasteiger partial charge in [0.2, 0.25) is 5.91 Å². The molecule has 7 heteroatoms. The van der Waals surface area contributed by atoms with E-state index in [-0.39, 0.29) is 17.7 Å². The predicted molar refractivity (Wildman–Crippen MR) is 95.2 cm³/mol. The second kappa shape index (κ2) is 8.54. The Kier molecular flexibility index (Phi) is 6.43. The molecule has 0 saturated heterocycles. The zero-order valence-electron chi connectivity index (χ0n) is 14.1. The Morgan fingerprint density at radius 1 is 1.25 bits per heavy atom. The zero-order valence-corrected chi connectivity index (χ0v) is 14.9. The van der Waals surface area contributed by atoms with Gasteiger partial charge in [-0.3, -0.25) is 9.59 Å². The van der Waals surface area contributed by atoms with Crippen LogP contribution in [0.5, 0.6) is 0 Å². The number of nitrogens with one attached hydrogen (secondary N) is 2. The highest BCUT2D eigenvalue weighted by Crippen LogP contribution is 2.17. The van der Waals surface area contributed by atoms with Crippen molar-refractivity contribution in [2.45, 2.75) is 33.6 Å². The molecule has 0 fully saturated rings. The van der Waals surface area contributed by atoms with Gasteiger partial charge in [0.1, 0.15) is 10.0 Å². The SMILES string of the molecule is CCC(C)C(=O)Nc1ccccc1C(=O)NCCc1nnc(C)s1. The smallest absolute Gasteiger partial charge is 0.253 e. The van der Waals surface area contributed by atoms with E-state index in [1.807, 2.05) is 20.8 Å². The normalized spacial score (nSPS) is 11.8. The Morgan fingerprint density at radius 3 is 2.67 bits per heavy atom. The Morgan fingerprint density at radius 2 is 2.00 bits per heavy atom. The van der Waals surface area contributed by atoms with Gasteiger partial charge in [0.05, 0.1) is 11.3 Å². The summed E-state index contributed by atoms with van der Waals surface area (Å²) in [6.07, 6.45) is 1.39. The Hall–Kier alpha value is -2.28. The molecule has 2 N–H and O–H groups in total. The lowest BCUT2D eigenvalue weighted by atomic mass is 10.1. The molecular formula is C17H22N4O2S. The minimum atomic E-state index is -0.212. The fourth-order valence-corrected chi connectivity index (χ4v) is 2.76. The molecule has 6 nitrogen and oxygen atoms in total. The summed E-state index contributed by atoms with van der Waals surface area (Å²) in [5.74, 6) is -0.389. The van der Waals surface area contributed by atoms with E-state index in [2.05, 4.69) is 20.8 Å². The van der Waals surface area contributed by atoms with E-state index in [9.17, 15) is 9.59 Å². The van der Waals surface area contributed by atoms with Crippen LogP contribution in [0, 0.1) is 12.8 Å². The number of nitrogens with zero attached hydrogens (tertiary/aromatic N) is 2. The third-order valence-electron chi connectivity index (χ3n) is 3.68. The fourth-order valence-electron chi connectivity index (χ4n) is 2.05. The van der Waals surface area contributed by atoms with Gasteiger partial charge in [-0.05, 0) is 25.5 Å². The molecule has 0 saturated carbocycles. The van der Waals surface area contributed by atoms with Crippen molar-refractivity contribution in [3.05, 3.63) is 39.8 Å². The largest absolute Gasteiger partial charge is 0.352 e. The summed E-state index contributed by atoms with van der Waals surface area (Å²) in [4.78, 5) is 24.4. The van der Waals surface area contributed by atoms with Crippen LogP contribution >= 0.6 is 11.3 Å². The van der Waals surface area contributed by atoms with E-state index in [1.165, 1.54) is 11.3 Å². The van der Waals surface area contributed by atoms with Gasteiger partial charge < -0.3 is 10.6 Å². The number of anilines is 1. The lowest BCUT2D eigenvalue weighted by molar-refractivity contribution is -0.119. The van der Waals surface area contributed by atoms with Crippen molar-refractivity contribution in [3.8, 4) is 0 Å². The number of carbonyl (C=O) groups excluding carboxylic acids is 2. The number of rotatable bonds is 7. The molecule has 24 heavy (non-hydrogen) atoms. The van der Waals surface area contributed by atoms with E-state index < -0.39 is 0 Å². The first kappa shape index (κ1) is 18.1. The van der Waals surface area contributed by atoms with Gasteiger partial charge in [-0.15, -0.1) is 21.5 Å². The second-order valence-electron chi connectivity index (χ2n) is 5.56. The van der Waals surface area contributed by atoms with Crippen molar-refractivity contribution in [2.75, 3.05) is 11.9 Å². The number of hydrogen-bond donors (Lipinski definition) is 2. The summed E-state index contributed by atoms with van der Waals surface area (Å²) >= 11 is 1.52. The molecule has 0 bridgehead atoms. The number of amides is 2. The molecule has 128 valence electrons. The van der Waals surface area contributed by atoms with E-state index in [1.54, 1.807) is 24.3 Å². The summed E-state index contributed by atoms with van der Waals surface area (Å²) in [5, 5.41) is 15.5. The Bertz CT molecular complexity index is 714.